The second-order valence-electron chi connectivity index (χ2n) is 7.34. The monoisotopic (exact) mass is 267 g/mol. The first-order chi connectivity index (χ1) is 8.74. The maximum Gasteiger partial charge on any atom is 0.329 e. The van der Waals surface area contributed by atoms with E-state index < -0.39 is 11.5 Å². The lowest BCUT2D eigenvalue weighted by atomic mass is 9.67. The van der Waals surface area contributed by atoms with E-state index in [9.17, 15) is 14.7 Å². The average molecular weight is 267 g/mol. The molecule has 2 unspecified atom stereocenters. The maximum absolute atomic E-state index is 12.4. The number of amides is 1. The Morgan fingerprint density at radius 3 is 2.26 bits per heavy atom. The van der Waals surface area contributed by atoms with Crippen molar-refractivity contribution in [2.75, 3.05) is 0 Å². The van der Waals surface area contributed by atoms with Crippen LogP contribution in [0.25, 0.3) is 0 Å². The van der Waals surface area contributed by atoms with Gasteiger partial charge < -0.3 is 10.4 Å². The van der Waals surface area contributed by atoms with Gasteiger partial charge in [-0.2, -0.15) is 0 Å². The van der Waals surface area contributed by atoms with Crippen molar-refractivity contribution in [2.24, 2.45) is 17.3 Å². The van der Waals surface area contributed by atoms with Crippen molar-refractivity contribution in [2.45, 2.75) is 64.8 Å². The highest BCUT2D eigenvalue weighted by Crippen LogP contribution is 2.42. The Kier molecular flexibility index (Phi) is 3.63. The molecule has 0 radical (unpaired) electrons. The van der Waals surface area contributed by atoms with Crippen molar-refractivity contribution >= 4 is 11.9 Å². The highest BCUT2D eigenvalue weighted by atomic mass is 16.4. The number of rotatable bonds is 3. The third-order valence-corrected chi connectivity index (χ3v) is 4.74. The molecule has 0 aromatic carbocycles. The summed E-state index contributed by atoms with van der Waals surface area (Å²) in [5.41, 5.74) is -0.794. The Morgan fingerprint density at radius 1 is 1.21 bits per heavy atom. The number of carbonyl (C=O) groups excluding carboxylic acids is 1. The van der Waals surface area contributed by atoms with E-state index in [1.807, 2.05) is 0 Å². The van der Waals surface area contributed by atoms with Crippen LogP contribution in [-0.4, -0.2) is 22.5 Å². The molecule has 4 nitrogen and oxygen atoms in total. The highest BCUT2D eigenvalue weighted by molar-refractivity contribution is 5.88. The van der Waals surface area contributed by atoms with Crippen LogP contribution in [0.2, 0.25) is 0 Å². The minimum Gasteiger partial charge on any atom is -0.480 e. The van der Waals surface area contributed by atoms with E-state index in [1.165, 1.54) is 0 Å². The zero-order valence-corrected chi connectivity index (χ0v) is 12.2. The van der Waals surface area contributed by atoms with Gasteiger partial charge in [0.2, 0.25) is 5.91 Å². The van der Waals surface area contributed by atoms with Gasteiger partial charge in [0, 0.05) is 5.92 Å². The molecule has 0 saturated heterocycles. The fourth-order valence-electron chi connectivity index (χ4n) is 3.81. The largest absolute Gasteiger partial charge is 0.480 e. The molecule has 2 N–H and O–H groups in total. The van der Waals surface area contributed by atoms with Crippen LogP contribution in [-0.2, 0) is 9.59 Å². The lowest BCUT2D eigenvalue weighted by molar-refractivity contribution is -0.153. The van der Waals surface area contributed by atoms with Crippen LogP contribution >= 0.6 is 0 Å². The van der Waals surface area contributed by atoms with Gasteiger partial charge in [0.15, 0.2) is 0 Å². The van der Waals surface area contributed by atoms with Crippen LogP contribution in [0, 0.1) is 17.3 Å². The fraction of sp³-hybridized carbons (Fsp3) is 0.867. The summed E-state index contributed by atoms with van der Waals surface area (Å²) in [4.78, 5) is 23.7. The molecule has 0 heterocycles. The summed E-state index contributed by atoms with van der Waals surface area (Å²) >= 11 is 0. The van der Waals surface area contributed by atoms with Gasteiger partial charge in [-0.05, 0) is 49.9 Å². The summed E-state index contributed by atoms with van der Waals surface area (Å²) in [7, 11) is 0. The van der Waals surface area contributed by atoms with Crippen LogP contribution in [0.1, 0.15) is 59.3 Å². The SMILES string of the molecule is CC1CC(C(=O)NC2(C(=O)O)CCC2)CC(C)(C)C1. The van der Waals surface area contributed by atoms with E-state index in [1.54, 1.807) is 0 Å². The quantitative estimate of drug-likeness (QED) is 0.826. The Morgan fingerprint density at radius 2 is 1.84 bits per heavy atom. The predicted octanol–water partition coefficient (Wildman–Crippen LogP) is 2.57. The summed E-state index contributed by atoms with van der Waals surface area (Å²) in [6, 6.07) is 0. The van der Waals surface area contributed by atoms with Gasteiger partial charge in [-0.3, -0.25) is 4.79 Å². The second-order valence-corrected chi connectivity index (χ2v) is 7.34. The number of carboxylic acids is 1. The third-order valence-electron chi connectivity index (χ3n) is 4.74. The van der Waals surface area contributed by atoms with E-state index in [2.05, 4.69) is 26.1 Å². The topological polar surface area (TPSA) is 66.4 Å². The Hall–Kier alpha value is -1.06. The van der Waals surface area contributed by atoms with Crippen molar-refractivity contribution < 1.29 is 14.7 Å². The number of hydrogen-bond acceptors (Lipinski definition) is 2. The molecule has 1 amide bonds. The number of nitrogens with one attached hydrogen (secondary N) is 1. The van der Waals surface area contributed by atoms with Crippen LogP contribution in [0.5, 0.6) is 0 Å². The van der Waals surface area contributed by atoms with E-state index in [0.29, 0.717) is 18.8 Å². The number of hydrogen-bond donors (Lipinski definition) is 2. The molecule has 2 atom stereocenters. The van der Waals surface area contributed by atoms with Crippen molar-refractivity contribution in [3.05, 3.63) is 0 Å². The minimum atomic E-state index is -0.970. The third kappa shape index (κ3) is 2.93. The summed E-state index contributed by atoms with van der Waals surface area (Å²) in [6.45, 7) is 6.57. The van der Waals surface area contributed by atoms with Gasteiger partial charge in [-0.25, -0.2) is 4.79 Å². The van der Waals surface area contributed by atoms with Gasteiger partial charge >= 0.3 is 5.97 Å². The highest BCUT2D eigenvalue weighted by Gasteiger charge is 2.47. The van der Waals surface area contributed by atoms with Crippen molar-refractivity contribution in [1.29, 1.82) is 0 Å². The first-order valence-corrected chi connectivity index (χ1v) is 7.30. The zero-order valence-electron chi connectivity index (χ0n) is 12.2. The molecule has 2 saturated carbocycles. The van der Waals surface area contributed by atoms with Gasteiger partial charge in [0.1, 0.15) is 5.54 Å². The van der Waals surface area contributed by atoms with E-state index in [4.69, 9.17) is 0 Å². The van der Waals surface area contributed by atoms with Crippen molar-refractivity contribution in [3.63, 3.8) is 0 Å². The second kappa shape index (κ2) is 4.80. The lowest BCUT2D eigenvalue weighted by Gasteiger charge is -2.42. The molecule has 2 aliphatic rings. The van der Waals surface area contributed by atoms with Crippen LogP contribution in [0.4, 0.5) is 0 Å². The van der Waals surface area contributed by atoms with Crippen LogP contribution in [0.15, 0.2) is 0 Å². The normalized spacial score (nSPS) is 32.2. The summed E-state index contributed by atoms with van der Waals surface area (Å²) in [6.07, 6.45) is 4.91. The Bertz CT molecular complexity index is 385. The molecule has 2 fully saturated rings. The molecule has 0 aliphatic heterocycles. The fourth-order valence-corrected chi connectivity index (χ4v) is 3.81. The number of carbonyl (C=O) groups is 2. The van der Waals surface area contributed by atoms with E-state index in [0.717, 1.165) is 25.7 Å². The standard InChI is InChI=1S/C15H25NO3/c1-10-7-11(9-14(2,3)8-10)12(17)16-15(13(18)19)5-4-6-15/h10-11H,4-9H2,1-3H3,(H,16,17)(H,18,19). The number of carboxylic acid groups (broad SMARTS) is 1. The van der Waals surface area contributed by atoms with Gasteiger partial charge in [0.25, 0.3) is 0 Å². The number of aliphatic carboxylic acids is 1. The smallest absolute Gasteiger partial charge is 0.329 e. The maximum atomic E-state index is 12.4. The zero-order chi connectivity index (χ0) is 14.3. The summed E-state index contributed by atoms with van der Waals surface area (Å²) < 4.78 is 0. The average Bonchev–Trinajstić information content (AvgIpc) is 2.19. The minimum absolute atomic E-state index is 0.0319. The summed E-state index contributed by atoms with van der Waals surface area (Å²) in [5.74, 6) is -0.436. The Balaban J connectivity index is 2.02. The Labute approximate surface area is 115 Å². The molecule has 2 rings (SSSR count). The molecular weight excluding hydrogens is 242 g/mol. The van der Waals surface area contributed by atoms with Gasteiger partial charge in [-0.15, -0.1) is 0 Å². The van der Waals surface area contributed by atoms with Crippen molar-refractivity contribution in [3.8, 4) is 0 Å². The molecule has 0 aromatic rings. The van der Waals surface area contributed by atoms with Crippen LogP contribution in [0.3, 0.4) is 0 Å². The van der Waals surface area contributed by atoms with Gasteiger partial charge in [-0.1, -0.05) is 20.8 Å². The molecule has 19 heavy (non-hydrogen) atoms. The molecule has 0 spiro atoms. The molecule has 2 aliphatic carbocycles. The molecule has 0 bridgehead atoms. The first kappa shape index (κ1) is 14.4. The first-order valence-electron chi connectivity index (χ1n) is 7.30. The van der Waals surface area contributed by atoms with Gasteiger partial charge in [0.05, 0.1) is 0 Å². The predicted molar refractivity (Wildman–Crippen MR) is 72.6 cm³/mol. The summed E-state index contributed by atoms with van der Waals surface area (Å²) in [5, 5.41) is 12.1. The van der Waals surface area contributed by atoms with Crippen molar-refractivity contribution in [1.82, 2.24) is 5.32 Å². The molecule has 0 aromatic heterocycles. The van der Waals surface area contributed by atoms with E-state index in [-0.39, 0.29) is 17.2 Å². The molecule has 4 heteroatoms. The molecule has 108 valence electrons. The molecular formula is C15H25NO3. The van der Waals surface area contributed by atoms with E-state index >= 15 is 0 Å². The lowest BCUT2D eigenvalue weighted by Crippen LogP contribution is -2.60. The van der Waals surface area contributed by atoms with Crippen LogP contribution < -0.4 is 5.32 Å².